The minimum absolute atomic E-state index is 0.112. The summed E-state index contributed by atoms with van der Waals surface area (Å²) in [6, 6.07) is 4.75. The summed E-state index contributed by atoms with van der Waals surface area (Å²) in [5.41, 5.74) is 0.509. The van der Waals surface area contributed by atoms with Gasteiger partial charge in [-0.25, -0.2) is 4.79 Å². The summed E-state index contributed by atoms with van der Waals surface area (Å²) in [4.78, 5) is 11.3. The zero-order valence-electron chi connectivity index (χ0n) is 10.6. The van der Waals surface area contributed by atoms with Crippen LogP contribution >= 0.6 is 23.2 Å². The average molecular weight is 312 g/mol. The number of nitrogens with zero attached hydrogens (tertiary/aromatic N) is 1. The minimum atomic E-state index is -0.679. The van der Waals surface area contributed by atoms with E-state index in [0.29, 0.717) is 5.56 Å². The van der Waals surface area contributed by atoms with Gasteiger partial charge in [0.25, 0.3) is 0 Å². The number of hydrogen-bond donors (Lipinski definition) is 1. The minimum Gasteiger partial charge on any atom is -0.505 e. The molecule has 0 bridgehead atoms. The van der Waals surface area contributed by atoms with E-state index in [1.54, 1.807) is 19.1 Å². The van der Waals surface area contributed by atoms with Gasteiger partial charge in [-0.1, -0.05) is 35.4 Å². The number of rotatable bonds is 4. The van der Waals surface area contributed by atoms with E-state index in [1.807, 2.05) is 0 Å². The third-order valence-corrected chi connectivity index (χ3v) is 2.78. The normalized spacial score (nSPS) is 11.4. The molecule has 4 nitrogen and oxygen atoms in total. The molecule has 0 heterocycles. The second kappa shape index (κ2) is 7.59. The van der Waals surface area contributed by atoms with E-state index in [-0.39, 0.29) is 28.0 Å². The Morgan fingerprint density at radius 3 is 2.55 bits per heavy atom. The molecule has 0 radical (unpaired) electrons. The molecule has 0 unspecified atom stereocenters. The van der Waals surface area contributed by atoms with Crippen LogP contribution in [-0.4, -0.2) is 17.7 Å². The Bertz CT molecular complexity index is 592. The number of nitriles is 1. The van der Waals surface area contributed by atoms with Gasteiger partial charge < -0.3 is 9.84 Å². The number of benzene rings is 1. The monoisotopic (exact) mass is 311 g/mol. The van der Waals surface area contributed by atoms with Crippen molar-refractivity contribution in [3.8, 4) is 11.8 Å². The molecule has 0 saturated heterocycles. The molecule has 104 valence electrons. The maximum Gasteiger partial charge on any atom is 0.348 e. The van der Waals surface area contributed by atoms with E-state index in [9.17, 15) is 9.90 Å². The molecule has 0 aromatic heterocycles. The Morgan fingerprint density at radius 2 is 2.05 bits per heavy atom. The van der Waals surface area contributed by atoms with Crippen molar-refractivity contribution in [2.45, 2.75) is 6.92 Å². The number of ether oxygens (including phenoxy) is 1. The van der Waals surface area contributed by atoms with Crippen molar-refractivity contribution in [1.82, 2.24) is 0 Å². The molecule has 0 amide bonds. The van der Waals surface area contributed by atoms with Gasteiger partial charge in [0.2, 0.25) is 0 Å². The molecular weight excluding hydrogens is 301 g/mol. The first-order valence-electron chi connectivity index (χ1n) is 5.63. The Labute approximate surface area is 126 Å². The standard InChI is InChI=1S/C14H11Cl2NO3/c1-2-20-14(19)10(8-17)5-3-4-9-6-11(15)13(18)12(16)7-9/h3-7,18H,2H2,1H3. The zero-order chi connectivity index (χ0) is 15.1. The highest BCUT2D eigenvalue weighted by Crippen LogP contribution is 2.33. The third-order valence-electron chi connectivity index (χ3n) is 2.21. The largest absolute Gasteiger partial charge is 0.505 e. The van der Waals surface area contributed by atoms with Crippen molar-refractivity contribution in [3.05, 3.63) is 45.5 Å². The smallest absolute Gasteiger partial charge is 0.348 e. The highest BCUT2D eigenvalue weighted by atomic mass is 35.5. The van der Waals surface area contributed by atoms with Crippen LogP contribution in [0.15, 0.2) is 29.9 Å². The van der Waals surface area contributed by atoms with Crippen LogP contribution in [0.4, 0.5) is 0 Å². The molecule has 0 spiro atoms. The molecule has 0 fully saturated rings. The van der Waals surface area contributed by atoms with Gasteiger partial charge in [0.05, 0.1) is 16.7 Å². The van der Waals surface area contributed by atoms with Crippen LogP contribution < -0.4 is 0 Å². The van der Waals surface area contributed by atoms with Crippen molar-refractivity contribution in [2.24, 2.45) is 0 Å². The summed E-state index contributed by atoms with van der Waals surface area (Å²) >= 11 is 11.5. The first-order valence-corrected chi connectivity index (χ1v) is 6.38. The lowest BCUT2D eigenvalue weighted by molar-refractivity contribution is -0.138. The van der Waals surface area contributed by atoms with Crippen molar-refractivity contribution in [1.29, 1.82) is 5.26 Å². The van der Waals surface area contributed by atoms with E-state index >= 15 is 0 Å². The average Bonchev–Trinajstić information content (AvgIpc) is 2.41. The van der Waals surface area contributed by atoms with Crippen molar-refractivity contribution in [3.63, 3.8) is 0 Å². The van der Waals surface area contributed by atoms with Gasteiger partial charge >= 0.3 is 5.97 Å². The van der Waals surface area contributed by atoms with Crippen LogP contribution in [0.3, 0.4) is 0 Å². The molecule has 0 aliphatic carbocycles. The fourth-order valence-corrected chi connectivity index (χ4v) is 1.80. The van der Waals surface area contributed by atoms with E-state index < -0.39 is 5.97 Å². The van der Waals surface area contributed by atoms with Gasteiger partial charge in [0.1, 0.15) is 11.6 Å². The summed E-state index contributed by atoms with van der Waals surface area (Å²) in [5.74, 6) is -0.869. The number of hydrogen-bond acceptors (Lipinski definition) is 4. The molecule has 0 aliphatic heterocycles. The second-order valence-electron chi connectivity index (χ2n) is 3.60. The molecule has 0 saturated carbocycles. The predicted octanol–water partition coefficient (Wildman–Crippen LogP) is 3.73. The number of allylic oxidation sites excluding steroid dienone is 2. The Morgan fingerprint density at radius 1 is 1.45 bits per heavy atom. The Balaban J connectivity index is 2.93. The van der Waals surface area contributed by atoms with Crippen LogP contribution in [0.1, 0.15) is 12.5 Å². The molecule has 1 aromatic rings. The Kier molecular flexibility index (Phi) is 6.10. The van der Waals surface area contributed by atoms with E-state index in [4.69, 9.17) is 33.2 Å². The predicted molar refractivity (Wildman–Crippen MR) is 77.5 cm³/mol. The van der Waals surface area contributed by atoms with Gasteiger partial charge in [-0.2, -0.15) is 5.26 Å². The molecule has 0 atom stereocenters. The fourth-order valence-electron chi connectivity index (χ4n) is 1.30. The van der Waals surface area contributed by atoms with E-state index in [1.165, 1.54) is 24.3 Å². The van der Waals surface area contributed by atoms with E-state index in [2.05, 4.69) is 0 Å². The quantitative estimate of drug-likeness (QED) is 0.398. The lowest BCUT2D eigenvalue weighted by atomic mass is 10.2. The van der Waals surface area contributed by atoms with Crippen LogP contribution in [0.5, 0.6) is 5.75 Å². The number of carbonyl (C=O) groups is 1. The van der Waals surface area contributed by atoms with Crippen LogP contribution in [0.25, 0.3) is 6.08 Å². The van der Waals surface area contributed by atoms with Crippen molar-refractivity contribution >= 4 is 35.2 Å². The molecule has 0 aliphatic rings. The second-order valence-corrected chi connectivity index (χ2v) is 4.42. The number of halogens is 2. The Hall–Kier alpha value is -1.96. The lowest BCUT2D eigenvalue weighted by Crippen LogP contribution is -2.05. The molecule has 1 rings (SSSR count). The molecular formula is C14H11Cl2NO3. The summed E-state index contributed by atoms with van der Waals surface area (Å²) in [6.07, 6.45) is 4.41. The maximum absolute atomic E-state index is 11.3. The molecule has 1 N–H and O–H groups in total. The van der Waals surface area contributed by atoms with Gasteiger partial charge in [0, 0.05) is 0 Å². The zero-order valence-corrected chi connectivity index (χ0v) is 12.1. The van der Waals surface area contributed by atoms with Gasteiger partial charge in [-0.15, -0.1) is 0 Å². The number of phenolic OH excluding ortho intramolecular Hbond substituents is 1. The van der Waals surface area contributed by atoms with Crippen LogP contribution in [0, 0.1) is 11.3 Å². The fraction of sp³-hybridized carbons (Fsp3) is 0.143. The lowest BCUT2D eigenvalue weighted by Gasteiger charge is -2.01. The van der Waals surface area contributed by atoms with Crippen LogP contribution in [0.2, 0.25) is 10.0 Å². The summed E-state index contributed by atoms with van der Waals surface area (Å²) < 4.78 is 4.71. The number of aromatic hydroxyl groups is 1. The summed E-state index contributed by atoms with van der Waals surface area (Å²) in [5, 5.41) is 18.5. The van der Waals surface area contributed by atoms with Crippen LogP contribution in [-0.2, 0) is 9.53 Å². The molecule has 6 heteroatoms. The highest BCUT2D eigenvalue weighted by Gasteiger charge is 2.08. The number of phenols is 1. The van der Waals surface area contributed by atoms with Crippen molar-refractivity contribution in [2.75, 3.05) is 6.61 Å². The maximum atomic E-state index is 11.3. The van der Waals surface area contributed by atoms with Gasteiger partial charge in [-0.3, -0.25) is 0 Å². The van der Waals surface area contributed by atoms with Crippen molar-refractivity contribution < 1.29 is 14.6 Å². The topological polar surface area (TPSA) is 70.3 Å². The molecule has 1 aromatic carbocycles. The first-order chi connectivity index (χ1) is 9.49. The summed E-state index contributed by atoms with van der Waals surface area (Å²) in [7, 11) is 0. The highest BCUT2D eigenvalue weighted by molar-refractivity contribution is 6.37. The third kappa shape index (κ3) is 4.30. The van der Waals surface area contributed by atoms with E-state index in [0.717, 1.165) is 0 Å². The summed E-state index contributed by atoms with van der Waals surface area (Å²) in [6.45, 7) is 1.86. The molecule has 20 heavy (non-hydrogen) atoms. The van der Waals surface area contributed by atoms with Gasteiger partial charge in [-0.05, 0) is 30.7 Å². The SMILES string of the molecule is CCOC(=O)C(C#N)=CC=Cc1cc(Cl)c(O)c(Cl)c1. The number of esters is 1. The number of carbonyl (C=O) groups excluding carboxylic acids is 1. The van der Waals surface area contributed by atoms with Gasteiger partial charge in [0.15, 0.2) is 5.75 Å². The first kappa shape index (κ1) is 16.1.